The molecule has 106 valence electrons. The first kappa shape index (κ1) is 15.8. The molecule has 10 heteroatoms. The van der Waals surface area contributed by atoms with Crippen LogP contribution >= 0.6 is 15.9 Å². The molecule has 0 aliphatic carbocycles. The predicted molar refractivity (Wildman–Crippen MR) is 61.7 cm³/mol. The van der Waals surface area contributed by atoms with Crippen molar-refractivity contribution in [3.63, 3.8) is 0 Å². The highest BCUT2D eigenvalue weighted by molar-refractivity contribution is 9.10. The van der Waals surface area contributed by atoms with E-state index in [0.29, 0.717) is 12.1 Å². The Labute approximate surface area is 114 Å². The average molecular weight is 362 g/mol. The fraction of sp³-hybridized carbons (Fsp3) is 0.222. The fourth-order valence-electron chi connectivity index (χ4n) is 1.22. The van der Waals surface area contributed by atoms with Gasteiger partial charge in [0.2, 0.25) is 9.84 Å². The minimum atomic E-state index is -4.96. The van der Waals surface area contributed by atoms with Crippen molar-refractivity contribution in [2.45, 2.75) is 17.3 Å². The highest BCUT2D eigenvalue weighted by Crippen LogP contribution is 2.30. The highest BCUT2D eigenvalue weighted by Gasteiger charge is 2.31. The van der Waals surface area contributed by atoms with Crippen LogP contribution in [-0.2, 0) is 21.2 Å². The van der Waals surface area contributed by atoms with E-state index in [4.69, 9.17) is 0 Å². The largest absolute Gasteiger partial charge is 0.445 e. The monoisotopic (exact) mass is 361 g/mol. The van der Waals surface area contributed by atoms with E-state index in [9.17, 15) is 26.4 Å². The van der Waals surface area contributed by atoms with Crippen LogP contribution in [0.4, 0.5) is 18.0 Å². The number of nitrogens with two attached hydrogens (primary N) is 1. The van der Waals surface area contributed by atoms with Crippen LogP contribution in [-0.4, -0.2) is 20.3 Å². The number of alkyl halides is 2. The summed E-state index contributed by atoms with van der Waals surface area (Å²) in [6.07, 6.45) is -1.25. The van der Waals surface area contributed by atoms with Gasteiger partial charge in [0.05, 0.1) is 9.37 Å². The Bertz CT molecular complexity index is 606. The zero-order chi connectivity index (χ0) is 14.8. The van der Waals surface area contributed by atoms with Gasteiger partial charge in [0.15, 0.2) is 0 Å². The summed E-state index contributed by atoms with van der Waals surface area (Å²) in [6.45, 7) is -0.755. The number of ether oxygens (including phenoxy) is 1. The molecule has 0 spiro atoms. The van der Waals surface area contributed by atoms with E-state index in [1.807, 2.05) is 0 Å². The second-order valence-electron chi connectivity index (χ2n) is 3.25. The standard InChI is InChI=1S/C9H7BrF3NO4S/c10-7-4(3-18-9(14)15)6(2-1-5(7)11)19(16,17)8(12)13/h1-2,8H,3H2,(H2,14,15). The fourth-order valence-corrected chi connectivity index (χ4v) is 2.76. The molecule has 0 aromatic heterocycles. The summed E-state index contributed by atoms with van der Waals surface area (Å²) in [4.78, 5) is 9.62. The third-order valence-electron chi connectivity index (χ3n) is 2.05. The minimum Gasteiger partial charge on any atom is -0.445 e. The maximum atomic E-state index is 13.3. The molecule has 0 aliphatic rings. The molecule has 1 aromatic carbocycles. The quantitative estimate of drug-likeness (QED) is 0.832. The van der Waals surface area contributed by atoms with Gasteiger partial charge in [0.25, 0.3) is 0 Å². The van der Waals surface area contributed by atoms with Gasteiger partial charge in [-0.1, -0.05) is 0 Å². The summed E-state index contributed by atoms with van der Waals surface area (Å²) >= 11 is 2.71. The number of sulfone groups is 1. The van der Waals surface area contributed by atoms with Gasteiger partial charge in [-0.2, -0.15) is 8.78 Å². The Morgan fingerprint density at radius 3 is 2.47 bits per heavy atom. The predicted octanol–water partition coefficient (Wildman–Crippen LogP) is 2.18. The molecule has 0 unspecified atom stereocenters. The normalized spacial score (nSPS) is 11.6. The van der Waals surface area contributed by atoms with Gasteiger partial charge in [0.1, 0.15) is 12.4 Å². The molecule has 0 saturated carbocycles. The minimum absolute atomic E-state index is 0.393. The number of primary amides is 1. The molecule has 0 radical (unpaired) electrons. The molecule has 0 aliphatic heterocycles. The number of hydrogen-bond acceptors (Lipinski definition) is 4. The molecule has 1 rings (SSSR count). The average Bonchev–Trinajstić information content (AvgIpc) is 2.30. The summed E-state index contributed by atoms with van der Waals surface area (Å²) in [5, 5.41) is 0. The maximum absolute atomic E-state index is 13.3. The van der Waals surface area contributed by atoms with Crippen LogP contribution in [0.5, 0.6) is 0 Å². The van der Waals surface area contributed by atoms with Gasteiger partial charge in [-0.05, 0) is 28.1 Å². The van der Waals surface area contributed by atoms with Crippen LogP contribution in [0.1, 0.15) is 5.56 Å². The van der Waals surface area contributed by atoms with Crippen molar-refractivity contribution in [2.24, 2.45) is 5.73 Å². The summed E-state index contributed by atoms with van der Waals surface area (Å²) < 4.78 is 64.9. The van der Waals surface area contributed by atoms with E-state index in [-0.39, 0.29) is 0 Å². The third kappa shape index (κ3) is 3.38. The number of benzene rings is 1. The molecule has 0 bridgehead atoms. The summed E-state index contributed by atoms with van der Waals surface area (Å²) in [7, 11) is -4.96. The Morgan fingerprint density at radius 1 is 1.42 bits per heavy atom. The first-order valence-electron chi connectivity index (χ1n) is 4.59. The summed E-state index contributed by atoms with van der Waals surface area (Å²) in [5.74, 6) is -4.58. The summed E-state index contributed by atoms with van der Waals surface area (Å²) in [6, 6.07) is 1.37. The number of hydrogen-bond donors (Lipinski definition) is 1. The van der Waals surface area contributed by atoms with Crippen molar-refractivity contribution in [2.75, 3.05) is 0 Å². The number of halogens is 4. The number of rotatable bonds is 4. The van der Waals surface area contributed by atoms with E-state index >= 15 is 0 Å². The van der Waals surface area contributed by atoms with Crippen LogP contribution in [0.15, 0.2) is 21.5 Å². The van der Waals surface area contributed by atoms with Crippen molar-refractivity contribution in [1.82, 2.24) is 0 Å². The van der Waals surface area contributed by atoms with Crippen molar-refractivity contribution < 1.29 is 31.1 Å². The molecule has 19 heavy (non-hydrogen) atoms. The molecule has 0 saturated heterocycles. The maximum Gasteiger partial charge on any atom is 0.404 e. The highest BCUT2D eigenvalue weighted by atomic mass is 79.9. The molecule has 1 amide bonds. The van der Waals surface area contributed by atoms with E-state index in [1.165, 1.54) is 0 Å². The lowest BCUT2D eigenvalue weighted by Crippen LogP contribution is -2.17. The smallest absolute Gasteiger partial charge is 0.404 e. The third-order valence-corrected chi connectivity index (χ3v) is 4.38. The van der Waals surface area contributed by atoms with E-state index in [2.05, 4.69) is 26.4 Å². The van der Waals surface area contributed by atoms with Gasteiger partial charge < -0.3 is 10.5 Å². The van der Waals surface area contributed by atoms with Gasteiger partial charge in [-0.25, -0.2) is 17.6 Å². The van der Waals surface area contributed by atoms with Crippen LogP contribution in [0, 0.1) is 5.82 Å². The van der Waals surface area contributed by atoms with E-state index < -0.39 is 49.0 Å². The second-order valence-corrected chi connectivity index (χ2v) is 5.93. The first-order valence-corrected chi connectivity index (χ1v) is 6.93. The SMILES string of the molecule is NC(=O)OCc1c(S(=O)(=O)C(F)F)ccc(F)c1Br. The van der Waals surface area contributed by atoms with Gasteiger partial charge in [-0.3, -0.25) is 0 Å². The molecular weight excluding hydrogens is 355 g/mol. The molecule has 0 fully saturated rings. The van der Waals surface area contributed by atoms with Gasteiger partial charge in [-0.15, -0.1) is 0 Å². The van der Waals surface area contributed by atoms with Crippen molar-refractivity contribution in [1.29, 1.82) is 0 Å². The molecule has 1 aromatic rings. The van der Waals surface area contributed by atoms with Crippen LogP contribution in [0.25, 0.3) is 0 Å². The number of amides is 1. The van der Waals surface area contributed by atoms with E-state index in [0.717, 1.165) is 0 Å². The Morgan fingerprint density at radius 2 is 2.00 bits per heavy atom. The van der Waals surface area contributed by atoms with Crippen LogP contribution in [0.2, 0.25) is 0 Å². The lowest BCUT2D eigenvalue weighted by atomic mass is 10.2. The molecule has 2 N–H and O–H groups in total. The zero-order valence-corrected chi connectivity index (χ0v) is 11.5. The Hall–Kier alpha value is -1.29. The van der Waals surface area contributed by atoms with Gasteiger partial charge in [0, 0.05) is 5.56 Å². The molecule has 5 nitrogen and oxygen atoms in total. The number of carbonyl (C=O) groups is 1. The van der Waals surface area contributed by atoms with Gasteiger partial charge >= 0.3 is 11.9 Å². The second kappa shape index (κ2) is 5.78. The number of carbonyl (C=O) groups excluding carboxylic acids is 1. The molecule has 0 heterocycles. The Kier molecular flexibility index (Phi) is 4.80. The van der Waals surface area contributed by atoms with Crippen molar-refractivity contribution >= 4 is 31.9 Å². The van der Waals surface area contributed by atoms with Crippen LogP contribution in [0.3, 0.4) is 0 Å². The lowest BCUT2D eigenvalue weighted by Gasteiger charge is -2.12. The molecule has 0 atom stereocenters. The topological polar surface area (TPSA) is 86.5 Å². The van der Waals surface area contributed by atoms with E-state index in [1.54, 1.807) is 0 Å². The Balaban J connectivity index is 3.40. The van der Waals surface area contributed by atoms with Crippen molar-refractivity contribution in [3.05, 3.63) is 28.0 Å². The lowest BCUT2D eigenvalue weighted by molar-refractivity contribution is 0.149. The first-order chi connectivity index (χ1) is 8.67. The zero-order valence-electron chi connectivity index (χ0n) is 9.07. The molecular formula is C9H7BrF3NO4S. The van der Waals surface area contributed by atoms with Crippen molar-refractivity contribution in [3.8, 4) is 0 Å². The van der Waals surface area contributed by atoms with Crippen LogP contribution < -0.4 is 5.73 Å². The summed E-state index contributed by atoms with van der Waals surface area (Å²) in [5.41, 5.74) is 4.23.